The van der Waals surface area contributed by atoms with E-state index < -0.39 is 11.8 Å². The Bertz CT molecular complexity index is 409. The summed E-state index contributed by atoms with van der Waals surface area (Å²) in [5.41, 5.74) is 0.419. The van der Waals surface area contributed by atoms with Crippen molar-refractivity contribution >= 4 is 5.97 Å². The Morgan fingerprint density at radius 3 is 2.83 bits per heavy atom. The van der Waals surface area contributed by atoms with Crippen molar-refractivity contribution in [2.45, 2.75) is 19.9 Å². The Morgan fingerprint density at radius 1 is 1.50 bits per heavy atom. The lowest BCUT2D eigenvalue weighted by Gasteiger charge is -2.11. The summed E-state index contributed by atoms with van der Waals surface area (Å²) in [6.45, 7) is 3.04. The zero-order chi connectivity index (χ0) is 13.5. The molecule has 4 nitrogen and oxygen atoms in total. The predicted octanol–water partition coefficient (Wildman–Crippen LogP) is 1.63. The molecule has 5 heteroatoms. The third-order valence-electron chi connectivity index (χ3n) is 2.72. The average Bonchev–Trinajstić information content (AvgIpc) is 2.31. The molecule has 0 spiro atoms. The third kappa shape index (κ3) is 4.43. The summed E-state index contributed by atoms with van der Waals surface area (Å²) in [6.07, 6.45) is 0.685. The van der Waals surface area contributed by atoms with Crippen LogP contribution in [0.25, 0.3) is 0 Å². The molecule has 1 aromatic carbocycles. The third-order valence-corrected chi connectivity index (χ3v) is 2.72. The first kappa shape index (κ1) is 14.6. The normalized spacial score (nSPS) is 12.4. The minimum absolute atomic E-state index is 0.0802. The monoisotopic (exact) mass is 255 g/mol. The van der Waals surface area contributed by atoms with Gasteiger partial charge in [0.1, 0.15) is 5.82 Å². The lowest BCUT2D eigenvalue weighted by molar-refractivity contribution is 0.0696. The molecule has 0 aliphatic heterocycles. The number of nitrogens with one attached hydrogen (secondary N) is 1. The van der Waals surface area contributed by atoms with Gasteiger partial charge in [-0.15, -0.1) is 0 Å². The Kier molecular flexibility index (Phi) is 5.74. The van der Waals surface area contributed by atoms with Gasteiger partial charge >= 0.3 is 5.97 Å². The number of aliphatic hydroxyl groups is 1. The van der Waals surface area contributed by atoms with Crippen molar-refractivity contribution in [1.82, 2.24) is 5.32 Å². The summed E-state index contributed by atoms with van der Waals surface area (Å²) in [4.78, 5) is 10.8. The van der Waals surface area contributed by atoms with E-state index in [1.54, 1.807) is 0 Å². The van der Waals surface area contributed by atoms with Crippen LogP contribution in [0.5, 0.6) is 0 Å². The highest BCUT2D eigenvalue weighted by Crippen LogP contribution is 2.11. The molecule has 3 N–H and O–H groups in total. The molecule has 0 bridgehead atoms. The van der Waals surface area contributed by atoms with Crippen LogP contribution in [0.15, 0.2) is 18.2 Å². The van der Waals surface area contributed by atoms with Crippen molar-refractivity contribution in [3.8, 4) is 0 Å². The molecular formula is C13H18FNO3. The second-order valence-electron chi connectivity index (χ2n) is 4.36. The second-order valence-corrected chi connectivity index (χ2v) is 4.36. The summed E-state index contributed by atoms with van der Waals surface area (Å²) >= 11 is 0. The minimum atomic E-state index is -1.06. The Labute approximate surface area is 105 Å². The largest absolute Gasteiger partial charge is 0.478 e. The first-order chi connectivity index (χ1) is 8.54. The smallest absolute Gasteiger partial charge is 0.335 e. The number of hydrogen-bond acceptors (Lipinski definition) is 3. The van der Waals surface area contributed by atoms with Crippen LogP contribution in [-0.2, 0) is 6.54 Å². The van der Waals surface area contributed by atoms with Crippen LogP contribution >= 0.6 is 0 Å². The van der Waals surface area contributed by atoms with Crippen molar-refractivity contribution in [2.24, 2.45) is 5.92 Å². The van der Waals surface area contributed by atoms with Crippen LogP contribution in [0.1, 0.15) is 29.3 Å². The second kappa shape index (κ2) is 7.08. The van der Waals surface area contributed by atoms with E-state index in [0.717, 1.165) is 6.07 Å². The van der Waals surface area contributed by atoms with Crippen molar-refractivity contribution in [1.29, 1.82) is 0 Å². The molecule has 0 aliphatic carbocycles. The standard InChI is InChI=1S/C13H18FNO3/c1-9(4-5-16)7-15-8-11-6-10(13(17)18)2-3-12(11)14/h2-3,6,9,15-16H,4-5,7-8H2,1H3,(H,17,18). The molecule has 0 heterocycles. The maximum Gasteiger partial charge on any atom is 0.335 e. The van der Waals surface area contributed by atoms with E-state index in [9.17, 15) is 9.18 Å². The number of benzene rings is 1. The van der Waals surface area contributed by atoms with E-state index in [1.807, 2.05) is 6.92 Å². The predicted molar refractivity (Wildman–Crippen MR) is 65.9 cm³/mol. The molecule has 1 atom stereocenters. The number of aliphatic hydroxyl groups excluding tert-OH is 1. The van der Waals surface area contributed by atoms with E-state index in [2.05, 4.69) is 5.32 Å². The summed E-state index contributed by atoms with van der Waals surface area (Å²) in [7, 11) is 0. The Hall–Kier alpha value is -1.46. The number of carboxylic acid groups (broad SMARTS) is 1. The first-order valence-electron chi connectivity index (χ1n) is 5.88. The molecule has 0 aliphatic rings. The van der Waals surface area contributed by atoms with Crippen LogP contribution in [-0.4, -0.2) is 29.3 Å². The topological polar surface area (TPSA) is 69.6 Å². The molecule has 1 unspecified atom stereocenters. The van der Waals surface area contributed by atoms with Gasteiger partial charge in [0.05, 0.1) is 5.56 Å². The molecule has 0 aromatic heterocycles. The van der Waals surface area contributed by atoms with Crippen LogP contribution in [0, 0.1) is 11.7 Å². The highest BCUT2D eigenvalue weighted by Gasteiger charge is 2.08. The number of aromatic carboxylic acids is 1. The molecule has 0 amide bonds. The Balaban J connectivity index is 2.56. The van der Waals surface area contributed by atoms with Crippen LogP contribution in [0.3, 0.4) is 0 Å². The highest BCUT2D eigenvalue weighted by molar-refractivity contribution is 5.87. The van der Waals surface area contributed by atoms with Crippen molar-refractivity contribution in [2.75, 3.05) is 13.2 Å². The van der Waals surface area contributed by atoms with Gasteiger partial charge in [0.25, 0.3) is 0 Å². The van der Waals surface area contributed by atoms with Gasteiger partial charge in [-0.25, -0.2) is 9.18 Å². The molecule has 0 fully saturated rings. The number of rotatable bonds is 7. The molecule has 0 radical (unpaired) electrons. The fourth-order valence-electron chi connectivity index (χ4n) is 1.62. The molecule has 100 valence electrons. The maximum absolute atomic E-state index is 13.4. The van der Waals surface area contributed by atoms with Gasteiger partial charge in [0, 0.05) is 18.7 Å². The summed E-state index contributed by atoms with van der Waals surface area (Å²) in [6, 6.07) is 3.74. The average molecular weight is 255 g/mol. The fraction of sp³-hybridized carbons (Fsp3) is 0.462. The van der Waals surface area contributed by atoms with Gasteiger partial charge in [-0.2, -0.15) is 0 Å². The highest BCUT2D eigenvalue weighted by atomic mass is 19.1. The first-order valence-corrected chi connectivity index (χ1v) is 5.88. The summed E-state index contributed by atoms with van der Waals surface area (Å²) < 4.78 is 13.4. The molecular weight excluding hydrogens is 237 g/mol. The van der Waals surface area contributed by atoms with E-state index in [1.165, 1.54) is 12.1 Å². The summed E-state index contributed by atoms with van der Waals surface area (Å²) in [5.74, 6) is -1.19. The zero-order valence-corrected chi connectivity index (χ0v) is 10.3. The zero-order valence-electron chi connectivity index (χ0n) is 10.3. The van der Waals surface area contributed by atoms with E-state index in [-0.39, 0.29) is 18.7 Å². The van der Waals surface area contributed by atoms with Gasteiger partial charge in [0.15, 0.2) is 0 Å². The molecule has 18 heavy (non-hydrogen) atoms. The van der Waals surface area contributed by atoms with E-state index in [0.29, 0.717) is 24.4 Å². The number of halogens is 1. The number of carbonyl (C=O) groups is 1. The van der Waals surface area contributed by atoms with Crippen LogP contribution in [0.2, 0.25) is 0 Å². The quantitative estimate of drug-likeness (QED) is 0.692. The van der Waals surface area contributed by atoms with Crippen LogP contribution < -0.4 is 5.32 Å². The SMILES string of the molecule is CC(CCO)CNCc1cc(C(=O)O)ccc1F. The lowest BCUT2D eigenvalue weighted by atomic mass is 10.1. The summed E-state index contributed by atoms with van der Waals surface area (Å²) in [5, 5.41) is 20.6. The van der Waals surface area contributed by atoms with Gasteiger partial charge in [-0.3, -0.25) is 0 Å². The molecule has 0 saturated carbocycles. The minimum Gasteiger partial charge on any atom is -0.478 e. The number of carboxylic acids is 1. The van der Waals surface area contributed by atoms with Gasteiger partial charge in [-0.05, 0) is 37.1 Å². The number of hydrogen-bond donors (Lipinski definition) is 3. The van der Waals surface area contributed by atoms with Crippen LogP contribution in [0.4, 0.5) is 4.39 Å². The fourth-order valence-corrected chi connectivity index (χ4v) is 1.62. The van der Waals surface area contributed by atoms with Crippen molar-refractivity contribution in [3.05, 3.63) is 35.1 Å². The van der Waals surface area contributed by atoms with Crippen molar-refractivity contribution in [3.63, 3.8) is 0 Å². The Morgan fingerprint density at radius 2 is 2.22 bits per heavy atom. The lowest BCUT2D eigenvalue weighted by Crippen LogP contribution is -2.22. The molecule has 0 saturated heterocycles. The van der Waals surface area contributed by atoms with E-state index >= 15 is 0 Å². The van der Waals surface area contributed by atoms with Gasteiger partial charge in [-0.1, -0.05) is 6.92 Å². The maximum atomic E-state index is 13.4. The van der Waals surface area contributed by atoms with Gasteiger partial charge < -0.3 is 15.5 Å². The molecule has 1 aromatic rings. The van der Waals surface area contributed by atoms with E-state index in [4.69, 9.17) is 10.2 Å². The van der Waals surface area contributed by atoms with Gasteiger partial charge in [0.2, 0.25) is 0 Å². The molecule has 1 rings (SSSR count). The van der Waals surface area contributed by atoms with Crippen molar-refractivity contribution < 1.29 is 19.4 Å².